The van der Waals surface area contributed by atoms with Crippen LogP contribution in [0.4, 0.5) is 20.4 Å². The van der Waals surface area contributed by atoms with Crippen LogP contribution >= 0.6 is 0 Å². The molecule has 1 unspecified atom stereocenters. The molecular weight excluding hydrogens is 452 g/mol. The van der Waals surface area contributed by atoms with E-state index < -0.39 is 32.4 Å². The van der Waals surface area contributed by atoms with E-state index in [9.17, 15) is 22.0 Å². The van der Waals surface area contributed by atoms with Gasteiger partial charge < -0.3 is 15.1 Å². The summed E-state index contributed by atoms with van der Waals surface area (Å²) in [5.74, 6) is -1.44. The summed E-state index contributed by atoms with van der Waals surface area (Å²) >= 11 is 0. The summed E-state index contributed by atoms with van der Waals surface area (Å²) in [7, 11) is -3.89. The number of hydrogen-bond donors (Lipinski definition) is 1. The van der Waals surface area contributed by atoms with Gasteiger partial charge in [-0.25, -0.2) is 27.2 Å². The number of carbonyl (C=O) groups excluding carboxylic acids is 1. The molecule has 1 atom stereocenters. The van der Waals surface area contributed by atoms with Crippen molar-refractivity contribution in [3.05, 3.63) is 41.7 Å². The number of amides is 1. The molecule has 0 bridgehead atoms. The Labute approximate surface area is 191 Å². The van der Waals surface area contributed by atoms with E-state index in [1.54, 1.807) is 4.90 Å². The van der Waals surface area contributed by atoms with E-state index in [0.717, 1.165) is 50.2 Å². The summed E-state index contributed by atoms with van der Waals surface area (Å²) in [6.07, 6.45) is 7.35. The zero-order valence-corrected chi connectivity index (χ0v) is 19.4. The van der Waals surface area contributed by atoms with Crippen LogP contribution in [-0.2, 0) is 21.1 Å². The molecule has 2 fully saturated rings. The summed E-state index contributed by atoms with van der Waals surface area (Å²) in [4.78, 5) is 25.0. The zero-order chi connectivity index (χ0) is 23.8. The Morgan fingerprint density at radius 2 is 1.73 bits per heavy atom. The fourth-order valence-corrected chi connectivity index (χ4v) is 5.11. The van der Waals surface area contributed by atoms with Gasteiger partial charge in [0.1, 0.15) is 22.6 Å². The van der Waals surface area contributed by atoms with Crippen LogP contribution in [0, 0.1) is 11.6 Å². The first-order valence-electron chi connectivity index (χ1n) is 11.0. The van der Waals surface area contributed by atoms with Crippen molar-refractivity contribution in [2.75, 3.05) is 36.1 Å². The number of aryl methyl sites for hydroxylation is 1. The number of carbonyl (C=O) groups is 1. The van der Waals surface area contributed by atoms with Crippen molar-refractivity contribution < 1.29 is 22.0 Å². The third kappa shape index (κ3) is 4.92. The van der Waals surface area contributed by atoms with Crippen LogP contribution in [0.1, 0.15) is 31.7 Å². The molecule has 1 aromatic heterocycles. The Morgan fingerprint density at radius 1 is 1.06 bits per heavy atom. The van der Waals surface area contributed by atoms with Gasteiger partial charge in [-0.1, -0.05) is 6.92 Å². The first kappa shape index (κ1) is 23.3. The fraction of sp³-hybridized carbons (Fsp3) is 0.500. The van der Waals surface area contributed by atoms with E-state index in [-0.39, 0.29) is 17.6 Å². The average Bonchev–Trinajstić information content (AvgIpc) is 3.15. The largest absolute Gasteiger partial charge is 0.371 e. The lowest BCUT2D eigenvalue weighted by Crippen LogP contribution is -2.47. The first-order chi connectivity index (χ1) is 15.7. The monoisotopic (exact) mass is 479 g/mol. The van der Waals surface area contributed by atoms with E-state index in [1.165, 1.54) is 0 Å². The highest BCUT2D eigenvalue weighted by Gasteiger charge is 2.38. The van der Waals surface area contributed by atoms with Crippen molar-refractivity contribution >= 4 is 27.4 Å². The minimum absolute atomic E-state index is 0.0599. The van der Waals surface area contributed by atoms with Gasteiger partial charge in [-0.3, -0.25) is 4.79 Å². The van der Waals surface area contributed by atoms with Crippen LogP contribution in [0.15, 0.2) is 29.4 Å². The molecule has 178 valence electrons. The second-order valence-electron chi connectivity index (χ2n) is 8.51. The van der Waals surface area contributed by atoms with Gasteiger partial charge in [-0.2, -0.15) is 0 Å². The molecule has 1 aromatic carbocycles. The van der Waals surface area contributed by atoms with Gasteiger partial charge in [0, 0.05) is 50.4 Å². The molecule has 0 radical (unpaired) electrons. The van der Waals surface area contributed by atoms with Gasteiger partial charge in [-0.05, 0) is 37.3 Å². The molecule has 0 aliphatic carbocycles. The molecule has 3 heterocycles. The standard InChI is InChI=1S/C22H27F2N5O3S/c1-3-14-12-25-22(26-13-14)28-7-4-15(5-8-28)29-9-6-18(21(29)30)27-19-10-17(24)20(11-16(19)23)33(2,31)32/h10-13,15,18,27H,3-9H2,1-2H3. The van der Waals surface area contributed by atoms with Gasteiger partial charge in [0.05, 0.1) is 5.69 Å². The van der Waals surface area contributed by atoms with Crippen LogP contribution in [0.5, 0.6) is 0 Å². The number of rotatable bonds is 6. The van der Waals surface area contributed by atoms with Gasteiger partial charge in [0.25, 0.3) is 0 Å². The normalized spacial score (nSPS) is 19.9. The Hall–Kier alpha value is -2.82. The van der Waals surface area contributed by atoms with Crippen LogP contribution in [0.2, 0.25) is 0 Å². The number of nitrogens with zero attached hydrogens (tertiary/aromatic N) is 4. The Balaban J connectivity index is 1.37. The third-order valence-corrected chi connectivity index (χ3v) is 7.39. The number of benzene rings is 1. The van der Waals surface area contributed by atoms with Crippen LogP contribution in [-0.4, -0.2) is 67.2 Å². The maximum atomic E-state index is 14.4. The summed E-state index contributed by atoms with van der Waals surface area (Å²) < 4.78 is 51.7. The summed E-state index contributed by atoms with van der Waals surface area (Å²) in [6.45, 7) is 4.03. The van der Waals surface area contributed by atoms with Crippen LogP contribution < -0.4 is 10.2 Å². The number of sulfone groups is 1. The Kier molecular flexibility index (Phi) is 6.51. The molecule has 33 heavy (non-hydrogen) atoms. The molecule has 1 amide bonds. The van der Waals surface area contributed by atoms with Crippen molar-refractivity contribution in [2.45, 2.75) is 49.6 Å². The summed E-state index contributed by atoms with van der Waals surface area (Å²) in [5, 5.41) is 2.76. The predicted molar refractivity (Wildman–Crippen MR) is 120 cm³/mol. The van der Waals surface area contributed by atoms with Crippen LogP contribution in [0.3, 0.4) is 0 Å². The second kappa shape index (κ2) is 9.20. The lowest BCUT2D eigenvalue weighted by Gasteiger charge is -2.36. The van der Waals surface area contributed by atoms with Gasteiger partial charge >= 0.3 is 0 Å². The summed E-state index contributed by atoms with van der Waals surface area (Å²) in [6, 6.07) is 0.814. The number of halogens is 2. The van der Waals surface area contributed by atoms with E-state index in [0.29, 0.717) is 25.0 Å². The maximum absolute atomic E-state index is 14.4. The maximum Gasteiger partial charge on any atom is 0.245 e. The molecule has 4 rings (SSSR count). The first-order valence-corrected chi connectivity index (χ1v) is 12.9. The molecule has 8 nitrogen and oxygen atoms in total. The lowest BCUT2D eigenvalue weighted by molar-refractivity contribution is -0.130. The average molecular weight is 480 g/mol. The van der Waals surface area contributed by atoms with E-state index in [2.05, 4.69) is 27.1 Å². The smallest absolute Gasteiger partial charge is 0.245 e. The minimum Gasteiger partial charge on any atom is -0.371 e. The fourth-order valence-electron chi connectivity index (χ4n) is 4.38. The second-order valence-corrected chi connectivity index (χ2v) is 10.5. The molecule has 11 heteroatoms. The SMILES string of the molecule is CCc1cnc(N2CCC(N3CCC(Nc4cc(F)c(S(C)(=O)=O)cc4F)C3=O)CC2)nc1. The lowest BCUT2D eigenvalue weighted by atomic mass is 10.0. The molecule has 0 saturated carbocycles. The third-order valence-electron chi connectivity index (χ3n) is 6.28. The van der Waals surface area contributed by atoms with Gasteiger partial charge in [0.15, 0.2) is 9.84 Å². The highest BCUT2D eigenvalue weighted by molar-refractivity contribution is 7.90. The molecule has 2 aromatic rings. The number of piperidine rings is 1. The van der Waals surface area contributed by atoms with Gasteiger partial charge in [0.2, 0.25) is 11.9 Å². The van der Waals surface area contributed by atoms with Crippen molar-refractivity contribution in [3.63, 3.8) is 0 Å². The molecule has 0 spiro atoms. The molecular formula is C22H27F2N5O3S. The summed E-state index contributed by atoms with van der Waals surface area (Å²) in [5.41, 5.74) is 0.861. The number of hydrogen-bond acceptors (Lipinski definition) is 7. The Morgan fingerprint density at radius 3 is 2.33 bits per heavy atom. The number of aromatic nitrogens is 2. The molecule has 2 aliphatic heterocycles. The topological polar surface area (TPSA) is 95.5 Å². The number of nitrogens with one attached hydrogen (secondary N) is 1. The van der Waals surface area contributed by atoms with Crippen molar-refractivity contribution in [1.29, 1.82) is 0 Å². The highest BCUT2D eigenvalue weighted by Crippen LogP contribution is 2.28. The van der Waals surface area contributed by atoms with Crippen molar-refractivity contribution in [2.24, 2.45) is 0 Å². The molecule has 1 N–H and O–H groups in total. The minimum atomic E-state index is -3.89. The quantitative estimate of drug-likeness (QED) is 0.680. The van der Waals surface area contributed by atoms with Gasteiger partial charge in [-0.15, -0.1) is 0 Å². The van der Waals surface area contributed by atoms with Crippen LogP contribution in [0.25, 0.3) is 0 Å². The van der Waals surface area contributed by atoms with E-state index in [1.807, 2.05) is 12.4 Å². The predicted octanol–water partition coefficient (Wildman–Crippen LogP) is 2.40. The Bertz CT molecular complexity index is 1140. The number of anilines is 2. The number of likely N-dealkylation sites (tertiary alicyclic amines) is 1. The van der Waals surface area contributed by atoms with E-state index in [4.69, 9.17) is 0 Å². The van der Waals surface area contributed by atoms with Crippen molar-refractivity contribution in [3.8, 4) is 0 Å². The zero-order valence-electron chi connectivity index (χ0n) is 18.6. The highest BCUT2D eigenvalue weighted by atomic mass is 32.2. The molecule has 2 aliphatic rings. The van der Waals surface area contributed by atoms with E-state index >= 15 is 0 Å². The molecule has 2 saturated heterocycles. The van der Waals surface area contributed by atoms with Crippen molar-refractivity contribution in [1.82, 2.24) is 14.9 Å².